The minimum Gasteiger partial charge on any atom is -0.496 e. The summed E-state index contributed by atoms with van der Waals surface area (Å²) in [6, 6.07) is 5.93. The van der Waals surface area contributed by atoms with E-state index in [2.05, 4.69) is 5.16 Å². The fourth-order valence-corrected chi connectivity index (χ4v) is 1.62. The maximum atomic E-state index is 5.61. The smallest absolute Gasteiger partial charge is 0.128 e. The molecule has 4 heteroatoms. The van der Waals surface area contributed by atoms with E-state index in [1.54, 1.807) is 13.4 Å². The maximum Gasteiger partial charge on any atom is 0.128 e. The Bertz CT molecular complexity index is 492. The molecule has 0 saturated carbocycles. The largest absolute Gasteiger partial charge is 0.496 e. The minimum absolute atomic E-state index is 0.399. The van der Waals surface area contributed by atoms with Gasteiger partial charge in [-0.15, -0.1) is 0 Å². The van der Waals surface area contributed by atoms with Crippen LogP contribution in [0.3, 0.4) is 0 Å². The van der Waals surface area contributed by atoms with E-state index in [0.29, 0.717) is 6.54 Å². The van der Waals surface area contributed by atoms with Gasteiger partial charge < -0.3 is 15.0 Å². The molecule has 16 heavy (non-hydrogen) atoms. The molecule has 0 unspecified atom stereocenters. The maximum absolute atomic E-state index is 5.61. The second-order valence-electron chi connectivity index (χ2n) is 3.60. The number of rotatable bonds is 3. The molecular weight excluding hydrogens is 204 g/mol. The van der Waals surface area contributed by atoms with Gasteiger partial charge in [0.25, 0.3) is 0 Å². The van der Waals surface area contributed by atoms with Crippen LogP contribution in [0, 0.1) is 6.92 Å². The van der Waals surface area contributed by atoms with Crippen LogP contribution in [-0.2, 0) is 6.54 Å². The number of aryl methyl sites for hydroxylation is 1. The Kier molecular flexibility index (Phi) is 2.92. The molecule has 2 N–H and O–H groups in total. The summed E-state index contributed by atoms with van der Waals surface area (Å²) in [5.74, 6) is 0.781. The molecule has 0 aliphatic heterocycles. The van der Waals surface area contributed by atoms with E-state index in [1.807, 2.05) is 25.1 Å². The Labute approximate surface area is 94.0 Å². The lowest BCUT2D eigenvalue weighted by atomic mass is 10.1. The van der Waals surface area contributed by atoms with Crippen molar-refractivity contribution in [2.45, 2.75) is 13.5 Å². The first-order valence-electron chi connectivity index (χ1n) is 5.04. The van der Waals surface area contributed by atoms with E-state index in [4.69, 9.17) is 15.0 Å². The molecule has 2 rings (SSSR count). The number of ether oxygens (including phenoxy) is 1. The van der Waals surface area contributed by atoms with Gasteiger partial charge in [0, 0.05) is 17.7 Å². The summed E-state index contributed by atoms with van der Waals surface area (Å²) >= 11 is 0. The van der Waals surface area contributed by atoms with Crippen LogP contribution in [-0.4, -0.2) is 12.3 Å². The van der Waals surface area contributed by atoms with Gasteiger partial charge in [0.2, 0.25) is 0 Å². The van der Waals surface area contributed by atoms with Crippen LogP contribution in [0.5, 0.6) is 5.75 Å². The molecule has 0 aliphatic rings. The van der Waals surface area contributed by atoms with Crippen molar-refractivity contribution in [3.8, 4) is 17.0 Å². The van der Waals surface area contributed by atoms with Gasteiger partial charge in [-0.2, -0.15) is 0 Å². The number of aromatic nitrogens is 1. The second kappa shape index (κ2) is 4.37. The molecule has 1 heterocycles. The third-order valence-corrected chi connectivity index (χ3v) is 2.48. The van der Waals surface area contributed by atoms with E-state index in [-0.39, 0.29) is 0 Å². The minimum atomic E-state index is 0.399. The molecule has 0 spiro atoms. The Hall–Kier alpha value is -1.81. The van der Waals surface area contributed by atoms with Crippen LogP contribution >= 0.6 is 0 Å². The van der Waals surface area contributed by atoms with Crippen LogP contribution in [0.4, 0.5) is 0 Å². The molecule has 84 valence electrons. The molecular formula is C12H14N2O2. The summed E-state index contributed by atoms with van der Waals surface area (Å²) in [4.78, 5) is 0. The molecule has 1 aromatic carbocycles. The van der Waals surface area contributed by atoms with Crippen LogP contribution in [0.1, 0.15) is 11.1 Å². The van der Waals surface area contributed by atoms with Crippen LogP contribution in [0.2, 0.25) is 0 Å². The fourth-order valence-electron chi connectivity index (χ4n) is 1.62. The lowest BCUT2D eigenvalue weighted by molar-refractivity contribution is 0.411. The van der Waals surface area contributed by atoms with Crippen LogP contribution in [0.15, 0.2) is 29.0 Å². The zero-order chi connectivity index (χ0) is 11.5. The van der Waals surface area contributed by atoms with Crippen molar-refractivity contribution in [1.29, 1.82) is 0 Å². The summed E-state index contributed by atoms with van der Waals surface area (Å²) < 4.78 is 10.3. The van der Waals surface area contributed by atoms with Crippen molar-refractivity contribution in [2.24, 2.45) is 5.73 Å². The van der Waals surface area contributed by atoms with Gasteiger partial charge in [-0.05, 0) is 24.6 Å². The van der Waals surface area contributed by atoms with Gasteiger partial charge in [0.1, 0.15) is 17.7 Å². The summed E-state index contributed by atoms with van der Waals surface area (Å²) in [5, 5.41) is 3.96. The first-order valence-corrected chi connectivity index (χ1v) is 5.04. The Morgan fingerprint density at radius 3 is 2.94 bits per heavy atom. The molecule has 0 saturated heterocycles. The van der Waals surface area contributed by atoms with E-state index >= 15 is 0 Å². The first kappa shape index (κ1) is 10.7. The van der Waals surface area contributed by atoms with E-state index < -0.39 is 0 Å². The van der Waals surface area contributed by atoms with Gasteiger partial charge >= 0.3 is 0 Å². The van der Waals surface area contributed by atoms with Crippen molar-refractivity contribution in [1.82, 2.24) is 5.16 Å². The average molecular weight is 218 g/mol. The Balaban J connectivity index is 2.55. The van der Waals surface area contributed by atoms with Crippen molar-refractivity contribution in [2.75, 3.05) is 7.11 Å². The number of hydrogen-bond acceptors (Lipinski definition) is 4. The molecule has 0 fully saturated rings. The summed E-state index contributed by atoms with van der Waals surface area (Å²) in [5.41, 5.74) is 9.28. The average Bonchev–Trinajstić information content (AvgIpc) is 2.76. The van der Waals surface area contributed by atoms with E-state index in [1.165, 1.54) is 0 Å². The van der Waals surface area contributed by atoms with Gasteiger partial charge in [-0.3, -0.25) is 0 Å². The highest BCUT2D eigenvalue weighted by atomic mass is 16.5. The van der Waals surface area contributed by atoms with Crippen LogP contribution in [0.25, 0.3) is 11.3 Å². The quantitative estimate of drug-likeness (QED) is 0.857. The van der Waals surface area contributed by atoms with Gasteiger partial charge in [0.15, 0.2) is 0 Å². The fraction of sp³-hybridized carbons (Fsp3) is 0.250. The molecule has 0 aliphatic carbocycles. The molecule has 0 radical (unpaired) electrons. The normalized spacial score (nSPS) is 10.4. The number of methoxy groups -OCH3 is 1. The van der Waals surface area contributed by atoms with Crippen molar-refractivity contribution < 1.29 is 9.26 Å². The molecule has 1 aromatic heterocycles. The number of hydrogen-bond donors (Lipinski definition) is 1. The van der Waals surface area contributed by atoms with Crippen molar-refractivity contribution >= 4 is 0 Å². The second-order valence-corrected chi connectivity index (χ2v) is 3.60. The summed E-state index contributed by atoms with van der Waals surface area (Å²) in [6.07, 6.45) is 1.56. The number of benzene rings is 1. The Morgan fingerprint density at radius 1 is 1.44 bits per heavy atom. The summed E-state index contributed by atoms with van der Waals surface area (Å²) in [7, 11) is 1.64. The predicted molar refractivity (Wildman–Crippen MR) is 61.1 cm³/mol. The molecule has 2 aromatic rings. The third kappa shape index (κ3) is 1.79. The van der Waals surface area contributed by atoms with Gasteiger partial charge in [-0.1, -0.05) is 11.2 Å². The van der Waals surface area contributed by atoms with E-state index in [9.17, 15) is 0 Å². The van der Waals surface area contributed by atoms with Gasteiger partial charge in [-0.25, -0.2) is 0 Å². The van der Waals surface area contributed by atoms with Crippen molar-refractivity contribution in [3.63, 3.8) is 0 Å². The third-order valence-electron chi connectivity index (χ3n) is 2.48. The lowest BCUT2D eigenvalue weighted by Gasteiger charge is -2.07. The SMILES string of the molecule is COc1cc(C)ccc1-c1nocc1CN. The highest BCUT2D eigenvalue weighted by Crippen LogP contribution is 2.31. The number of nitrogens with two attached hydrogens (primary N) is 1. The monoisotopic (exact) mass is 218 g/mol. The van der Waals surface area contributed by atoms with E-state index in [0.717, 1.165) is 28.1 Å². The lowest BCUT2D eigenvalue weighted by Crippen LogP contribution is -1.98. The highest BCUT2D eigenvalue weighted by Gasteiger charge is 2.13. The van der Waals surface area contributed by atoms with Crippen LogP contribution < -0.4 is 10.5 Å². The van der Waals surface area contributed by atoms with Crippen molar-refractivity contribution in [3.05, 3.63) is 35.6 Å². The topological polar surface area (TPSA) is 61.3 Å². The van der Waals surface area contributed by atoms with Gasteiger partial charge in [0.05, 0.1) is 7.11 Å². The highest BCUT2D eigenvalue weighted by molar-refractivity contribution is 5.69. The zero-order valence-electron chi connectivity index (χ0n) is 9.36. The molecule has 0 atom stereocenters. The molecule has 0 amide bonds. The summed E-state index contributed by atoms with van der Waals surface area (Å²) in [6.45, 7) is 2.41. The molecule has 0 bridgehead atoms. The Morgan fingerprint density at radius 2 is 2.25 bits per heavy atom. The predicted octanol–water partition coefficient (Wildman–Crippen LogP) is 2.12. The first-order chi connectivity index (χ1) is 7.76. The zero-order valence-corrected chi connectivity index (χ0v) is 9.36. The standard InChI is InChI=1S/C12H14N2O2/c1-8-3-4-10(11(5-8)15-2)12-9(6-13)7-16-14-12/h3-5,7H,6,13H2,1-2H3. The molecule has 4 nitrogen and oxygen atoms in total. The number of nitrogens with zero attached hydrogens (tertiary/aromatic N) is 1.